The zero-order valence-electron chi connectivity index (χ0n) is 14.2. The maximum absolute atomic E-state index is 5.98. The Morgan fingerprint density at radius 3 is 2.64 bits per heavy atom. The fourth-order valence-corrected chi connectivity index (χ4v) is 3.11. The van der Waals surface area contributed by atoms with Crippen molar-refractivity contribution in [3.63, 3.8) is 0 Å². The number of piperidine rings is 1. The zero-order chi connectivity index (χ0) is 15.9. The van der Waals surface area contributed by atoms with Gasteiger partial charge >= 0.3 is 0 Å². The number of anilines is 1. The summed E-state index contributed by atoms with van der Waals surface area (Å²) in [6.45, 7) is 8.60. The van der Waals surface area contributed by atoms with Crippen LogP contribution in [0.15, 0.2) is 12.1 Å². The van der Waals surface area contributed by atoms with Crippen molar-refractivity contribution in [3.8, 4) is 11.5 Å². The summed E-state index contributed by atoms with van der Waals surface area (Å²) in [4.78, 5) is 2.57. The minimum absolute atomic E-state index is 0.636. The van der Waals surface area contributed by atoms with Gasteiger partial charge in [-0.3, -0.25) is 0 Å². The third-order valence-electron chi connectivity index (χ3n) is 4.46. The molecule has 2 N–H and O–H groups in total. The number of nitrogens with two attached hydrogens (primary N) is 1. The fraction of sp³-hybridized carbons (Fsp3) is 0.667. The van der Waals surface area contributed by atoms with Crippen LogP contribution in [-0.4, -0.2) is 38.3 Å². The Kier molecular flexibility index (Phi) is 6.37. The van der Waals surface area contributed by atoms with Crippen LogP contribution >= 0.6 is 0 Å². The van der Waals surface area contributed by atoms with Crippen LogP contribution in [0.5, 0.6) is 11.5 Å². The highest BCUT2D eigenvalue weighted by atomic mass is 16.5. The Morgan fingerprint density at radius 2 is 2.00 bits per heavy atom. The van der Waals surface area contributed by atoms with Crippen LogP contribution in [0.3, 0.4) is 0 Å². The molecule has 0 atom stereocenters. The molecule has 124 valence electrons. The molecule has 0 unspecified atom stereocenters. The van der Waals surface area contributed by atoms with E-state index in [2.05, 4.69) is 11.8 Å². The van der Waals surface area contributed by atoms with Gasteiger partial charge in [-0.05, 0) is 64.2 Å². The van der Waals surface area contributed by atoms with Crippen LogP contribution in [-0.2, 0) is 6.42 Å². The number of likely N-dealkylation sites (tertiary alicyclic amines) is 1. The fourth-order valence-electron chi connectivity index (χ4n) is 3.11. The van der Waals surface area contributed by atoms with Gasteiger partial charge in [0, 0.05) is 17.3 Å². The van der Waals surface area contributed by atoms with Gasteiger partial charge in [0.2, 0.25) is 0 Å². The maximum atomic E-state index is 5.98. The summed E-state index contributed by atoms with van der Waals surface area (Å²) in [5.74, 6) is 2.48. The average Bonchev–Trinajstić information content (AvgIpc) is 2.51. The number of nitrogens with zero attached hydrogens (tertiary/aromatic N) is 1. The average molecular weight is 306 g/mol. The Hall–Kier alpha value is -1.42. The molecule has 0 bridgehead atoms. The first-order valence-electron chi connectivity index (χ1n) is 8.45. The molecule has 0 amide bonds. The van der Waals surface area contributed by atoms with E-state index >= 15 is 0 Å². The summed E-state index contributed by atoms with van der Waals surface area (Å²) in [5.41, 5.74) is 7.88. The van der Waals surface area contributed by atoms with E-state index in [-0.39, 0.29) is 0 Å². The van der Waals surface area contributed by atoms with Gasteiger partial charge in [-0.25, -0.2) is 0 Å². The lowest BCUT2D eigenvalue weighted by Crippen LogP contribution is -2.33. The number of rotatable bonds is 7. The molecular weight excluding hydrogens is 276 g/mol. The third kappa shape index (κ3) is 4.54. The number of benzene rings is 1. The molecule has 0 aliphatic carbocycles. The molecule has 1 heterocycles. The van der Waals surface area contributed by atoms with Crippen molar-refractivity contribution < 1.29 is 9.47 Å². The summed E-state index contributed by atoms with van der Waals surface area (Å²) in [6, 6.07) is 3.85. The van der Waals surface area contributed by atoms with Crippen molar-refractivity contribution in [1.82, 2.24) is 4.90 Å². The molecular formula is C18H30N2O2. The predicted molar refractivity (Wildman–Crippen MR) is 91.7 cm³/mol. The first kappa shape index (κ1) is 16.9. The van der Waals surface area contributed by atoms with E-state index in [1.807, 2.05) is 19.1 Å². The van der Waals surface area contributed by atoms with Crippen molar-refractivity contribution >= 4 is 5.69 Å². The Balaban J connectivity index is 1.95. The second-order valence-corrected chi connectivity index (χ2v) is 6.27. The third-order valence-corrected chi connectivity index (χ3v) is 4.46. The molecule has 4 heteroatoms. The van der Waals surface area contributed by atoms with Crippen molar-refractivity contribution in [2.24, 2.45) is 5.92 Å². The molecule has 1 aromatic carbocycles. The van der Waals surface area contributed by atoms with E-state index < -0.39 is 0 Å². The highest BCUT2D eigenvalue weighted by Gasteiger charge is 2.16. The van der Waals surface area contributed by atoms with Gasteiger partial charge in [-0.15, -0.1) is 0 Å². The normalized spacial score (nSPS) is 16.7. The first-order valence-corrected chi connectivity index (χ1v) is 8.45. The molecule has 1 saturated heterocycles. The summed E-state index contributed by atoms with van der Waals surface area (Å²) in [7, 11) is 1.66. The second-order valence-electron chi connectivity index (χ2n) is 6.27. The molecule has 2 rings (SSSR count). The van der Waals surface area contributed by atoms with Gasteiger partial charge in [0.05, 0.1) is 13.7 Å². The largest absolute Gasteiger partial charge is 0.493 e. The zero-order valence-corrected chi connectivity index (χ0v) is 14.2. The van der Waals surface area contributed by atoms with Crippen LogP contribution in [0.2, 0.25) is 0 Å². The number of hydrogen-bond acceptors (Lipinski definition) is 4. The van der Waals surface area contributed by atoms with Crippen LogP contribution in [0.1, 0.15) is 38.7 Å². The SMILES string of the molecule is CCOc1c(CCCN2CCC(C)CC2)cc(N)cc1OC. The predicted octanol–water partition coefficient (Wildman–Crippen LogP) is 3.34. The Morgan fingerprint density at radius 1 is 1.27 bits per heavy atom. The van der Waals surface area contributed by atoms with Gasteiger partial charge in [0.1, 0.15) is 0 Å². The topological polar surface area (TPSA) is 47.7 Å². The van der Waals surface area contributed by atoms with Gasteiger partial charge < -0.3 is 20.1 Å². The molecule has 22 heavy (non-hydrogen) atoms. The lowest BCUT2D eigenvalue weighted by Gasteiger charge is -2.30. The minimum atomic E-state index is 0.636. The Labute approximate surface area is 134 Å². The van der Waals surface area contributed by atoms with Gasteiger partial charge in [0.25, 0.3) is 0 Å². The second kappa shape index (κ2) is 8.28. The van der Waals surface area contributed by atoms with Crippen molar-refractivity contribution in [2.75, 3.05) is 39.1 Å². The van der Waals surface area contributed by atoms with Crippen LogP contribution in [0.4, 0.5) is 5.69 Å². The van der Waals surface area contributed by atoms with Gasteiger partial charge in [-0.1, -0.05) is 6.92 Å². The van der Waals surface area contributed by atoms with Crippen LogP contribution in [0.25, 0.3) is 0 Å². The van der Waals surface area contributed by atoms with E-state index in [0.29, 0.717) is 6.61 Å². The quantitative estimate of drug-likeness (QED) is 0.785. The van der Waals surface area contributed by atoms with E-state index in [0.717, 1.165) is 48.1 Å². The molecule has 1 aliphatic heterocycles. The van der Waals surface area contributed by atoms with E-state index in [9.17, 15) is 0 Å². The van der Waals surface area contributed by atoms with Gasteiger partial charge in [-0.2, -0.15) is 0 Å². The molecule has 1 aliphatic rings. The van der Waals surface area contributed by atoms with Crippen molar-refractivity contribution in [1.29, 1.82) is 0 Å². The van der Waals surface area contributed by atoms with E-state index in [1.54, 1.807) is 7.11 Å². The molecule has 1 fully saturated rings. The Bertz CT molecular complexity index is 468. The molecule has 0 saturated carbocycles. The summed E-state index contributed by atoms with van der Waals surface area (Å²) in [6.07, 6.45) is 4.76. The number of ether oxygens (including phenoxy) is 2. The van der Waals surface area contributed by atoms with Gasteiger partial charge in [0.15, 0.2) is 11.5 Å². The molecule has 0 radical (unpaired) electrons. The van der Waals surface area contributed by atoms with Crippen LogP contribution in [0, 0.1) is 5.92 Å². The molecule has 0 aromatic heterocycles. The number of methoxy groups -OCH3 is 1. The highest BCUT2D eigenvalue weighted by molar-refractivity contribution is 5.57. The summed E-state index contributed by atoms with van der Waals surface area (Å²) in [5, 5.41) is 0. The molecule has 1 aromatic rings. The maximum Gasteiger partial charge on any atom is 0.164 e. The first-order chi connectivity index (χ1) is 10.6. The van der Waals surface area contributed by atoms with E-state index in [4.69, 9.17) is 15.2 Å². The summed E-state index contributed by atoms with van der Waals surface area (Å²) < 4.78 is 11.2. The monoisotopic (exact) mass is 306 g/mol. The lowest BCUT2D eigenvalue weighted by molar-refractivity contribution is 0.190. The molecule has 4 nitrogen and oxygen atoms in total. The highest BCUT2D eigenvalue weighted by Crippen LogP contribution is 2.34. The van der Waals surface area contributed by atoms with E-state index in [1.165, 1.54) is 25.9 Å². The van der Waals surface area contributed by atoms with Crippen molar-refractivity contribution in [2.45, 2.75) is 39.5 Å². The van der Waals surface area contributed by atoms with Crippen LogP contribution < -0.4 is 15.2 Å². The summed E-state index contributed by atoms with van der Waals surface area (Å²) >= 11 is 0. The molecule has 0 spiro atoms. The van der Waals surface area contributed by atoms with Crippen molar-refractivity contribution in [3.05, 3.63) is 17.7 Å². The number of hydrogen-bond donors (Lipinski definition) is 1. The minimum Gasteiger partial charge on any atom is -0.493 e. The number of nitrogen functional groups attached to an aromatic ring is 1. The lowest BCUT2D eigenvalue weighted by atomic mass is 9.99. The smallest absolute Gasteiger partial charge is 0.164 e. The number of aryl methyl sites for hydroxylation is 1. The standard InChI is InChI=1S/C18H30N2O2/c1-4-22-18-15(12-16(19)13-17(18)21-3)6-5-9-20-10-7-14(2)8-11-20/h12-14H,4-11,19H2,1-3H3.